The summed E-state index contributed by atoms with van der Waals surface area (Å²) in [5.41, 5.74) is -0.247. The second-order valence-electron chi connectivity index (χ2n) is 7.32. The van der Waals surface area contributed by atoms with E-state index >= 15 is 0 Å². The van der Waals surface area contributed by atoms with Crippen molar-refractivity contribution in [2.45, 2.75) is 38.2 Å². The van der Waals surface area contributed by atoms with Crippen LogP contribution in [0.3, 0.4) is 0 Å². The largest absolute Gasteiger partial charge is 0.488 e. The first-order chi connectivity index (χ1) is 13.8. The second kappa shape index (κ2) is 6.98. The van der Waals surface area contributed by atoms with Gasteiger partial charge < -0.3 is 19.2 Å². The summed E-state index contributed by atoms with van der Waals surface area (Å²) in [6.45, 7) is 3.95. The van der Waals surface area contributed by atoms with Gasteiger partial charge in [0.2, 0.25) is 0 Å². The van der Waals surface area contributed by atoms with E-state index in [1.165, 1.54) is 6.20 Å². The number of rotatable bonds is 6. The molecule has 3 heterocycles. The summed E-state index contributed by atoms with van der Waals surface area (Å²) in [6.07, 6.45) is 4.04. The van der Waals surface area contributed by atoms with Crippen molar-refractivity contribution >= 4 is 11.6 Å². The van der Waals surface area contributed by atoms with Gasteiger partial charge in [0, 0.05) is 30.8 Å². The van der Waals surface area contributed by atoms with Crippen LogP contribution in [0.2, 0.25) is 0 Å². The third kappa shape index (κ3) is 3.98. The normalized spacial score (nSPS) is 16.8. The van der Waals surface area contributed by atoms with Crippen molar-refractivity contribution in [3.8, 4) is 17.4 Å². The van der Waals surface area contributed by atoms with E-state index in [1.807, 2.05) is 6.92 Å². The molecule has 0 aromatic carbocycles. The highest BCUT2D eigenvalue weighted by Gasteiger charge is 2.54. The number of halogens is 2. The molecule has 1 saturated carbocycles. The number of amides is 1. The Labute approximate surface area is 165 Å². The van der Waals surface area contributed by atoms with Gasteiger partial charge in [-0.1, -0.05) is 0 Å². The molecule has 9 heteroatoms. The fourth-order valence-corrected chi connectivity index (χ4v) is 3.49. The highest BCUT2D eigenvalue weighted by Crippen LogP contribution is 2.45. The molecular formula is C20H20F2N4O3. The van der Waals surface area contributed by atoms with Crippen molar-refractivity contribution in [1.29, 1.82) is 0 Å². The summed E-state index contributed by atoms with van der Waals surface area (Å²) in [5.74, 6) is -1.89. The van der Waals surface area contributed by atoms with Crippen LogP contribution in [0.25, 0.3) is 5.65 Å². The first-order valence-corrected chi connectivity index (χ1v) is 9.22. The van der Waals surface area contributed by atoms with Gasteiger partial charge in [-0.2, -0.15) is 0 Å². The molecule has 0 radical (unpaired) electrons. The Morgan fingerprint density at radius 3 is 2.79 bits per heavy atom. The van der Waals surface area contributed by atoms with Crippen molar-refractivity contribution < 1.29 is 23.0 Å². The Bertz CT molecular complexity index is 1060. The molecule has 3 aromatic rings. The molecule has 1 amide bonds. The van der Waals surface area contributed by atoms with Crippen LogP contribution in [0.5, 0.6) is 17.4 Å². The number of carbonyl (C=O) groups is 1. The van der Waals surface area contributed by atoms with Crippen molar-refractivity contribution in [3.63, 3.8) is 0 Å². The molecule has 0 atom stereocenters. The lowest BCUT2D eigenvalue weighted by Crippen LogP contribution is -2.60. The van der Waals surface area contributed by atoms with Gasteiger partial charge >= 0.3 is 0 Å². The zero-order valence-electron chi connectivity index (χ0n) is 16.0. The van der Waals surface area contributed by atoms with Crippen LogP contribution in [0.1, 0.15) is 37.2 Å². The Hall–Kier alpha value is -3.23. The monoisotopic (exact) mass is 402 g/mol. The summed E-state index contributed by atoms with van der Waals surface area (Å²) in [5, 5.41) is 2.65. The van der Waals surface area contributed by atoms with E-state index < -0.39 is 17.4 Å². The van der Waals surface area contributed by atoms with Crippen LogP contribution in [0, 0.1) is 0 Å². The summed E-state index contributed by atoms with van der Waals surface area (Å²) < 4.78 is 39.2. The first kappa shape index (κ1) is 19.1. The lowest BCUT2D eigenvalue weighted by Gasteiger charge is -2.45. The zero-order chi connectivity index (χ0) is 20.6. The highest BCUT2D eigenvalue weighted by molar-refractivity contribution is 5.93. The number of hydrogen-bond acceptors (Lipinski definition) is 5. The number of fused-ring (bicyclic) bond motifs is 1. The predicted molar refractivity (Wildman–Crippen MR) is 101 cm³/mol. The van der Waals surface area contributed by atoms with E-state index in [9.17, 15) is 13.6 Å². The molecule has 4 rings (SSSR count). The number of hydrogen-bond donors (Lipinski definition) is 1. The Balaban J connectivity index is 1.52. The third-order valence-electron chi connectivity index (χ3n) is 4.62. The number of aromatic nitrogens is 3. The molecule has 7 nitrogen and oxygen atoms in total. The summed E-state index contributed by atoms with van der Waals surface area (Å²) in [7, 11) is 0. The van der Waals surface area contributed by atoms with E-state index in [0.29, 0.717) is 29.6 Å². The summed E-state index contributed by atoms with van der Waals surface area (Å²) in [6, 6.07) is 6.89. The highest BCUT2D eigenvalue weighted by atomic mass is 19.3. The second-order valence-corrected chi connectivity index (χ2v) is 7.32. The number of alkyl halides is 2. The van der Waals surface area contributed by atoms with Crippen molar-refractivity contribution in [2.75, 3.05) is 6.61 Å². The maximum absolute atomic E-state index is 13.2. The Kier molecular flexibility index (Phi) is 4.60. The predicted octanol–water partition coefficient (Wildman–Crippen LogP) is 3.84. The first-order valence-electron chi connectivity index (χ1n) is 9.22. The molecule has 29 heavy (non-hydrogen) atoms. The summed E-state index contributed by atoms with van der Waals surface area (Å²) >= 11 is 0. The van der Waals surface area contributed by atoms with Crippen molar-refractivity contribution in [1.82, 2.24) is 19.7 Å². The lowest BCUT2D eigenvalue weighted by molar-refractivity contribution is -0.124. The molecule has 0 bridgehead atoms. The number of imidazole rings is 1. The fourth-order valence-electron chi connectivity index (χ4n) is 3.49. The molecular weight excluding hydrogens is 382 g/mol. The number of nitrogens with zero attached hydrogens (tertiary/aromatic N) is 3. The van der Waals surface area contributed by atoms with Gasteiger partial charge in [-0.05, 0) is 38.1 Å². The molecule has 3 aromatic heterocycles. The van der Waals surface area contributed by atoms with Crippen LogP contribution < -0.4 is 14.8 Å². The zero-order valence-corrected chi connectivity index (χ0v) is 16.0. The van der Waals surface area contributed by atoms with Gasteiger partial charge in [-0.3, -0.25) is 4.79 Å². The standard InChI is InChI=1S/C20H20F2N4O3/c1-3-28-15-5-4-8-23-18(15)29-13-6-7-16-24-14(10-26(16)9-13)17(27)25-19(2)11-20(21,22)12-19/h4-10H,3,11-12H2,1-2H3,(H,25,27). The van der Waals surface area contributed by atoms with Crippen LogP contribution in [-0.4, -0.2) is 38.3 Å². The summed E-state index contributed by atoms with van der Waals surface area (Å²) in [4.78, 5) is 20.9. The minimum absolute atomic E-state index is 0.145. The van der Waals surface area contributed by atoms with E-state index in [1.54, 1.807) is 48.0 Å². The molecule has 0 unspecified atom stereocenters. The average Bonchev–Trinajstić information content (AvgIpc) is 3.05. The van der Waals surface area contributed by atoms with E-state index in [0.717, 1.165) is 0 Å². The number of carbonyl (C=O) groups excluding carboxylic acids is 1. The lowest BCUT2D eigenvalue weighted by atomic mass is 9.75. The minimum atomic E-state index is -2.72. The van der Waals surface area contributed by atoms with Crippen LogP contribution in [0.15, 0.2) is 42.9 Å². The van der Waals surface area contributed by atoms with Crippen LogP contribution in [0.4, 0.5) is 8.78 Å². The SMILES string of the molecule is CCOc1cccnc1Oc1ccc2nc(C(=O)NC3(C)CC(F)(F)C3)cn2c1. The topological polar surface area (TPSA) is 77.8 Å². The molecule has 0 spiro atoms. The maximum atomic E-state index is 13.2. The van der Waals surface area contributed by atoms with E-state index in [4.69, 9.17) is 9.47 Å². The molecule has 0 saturated heterocycles. The average molecular weight is 402 g/mol. The van der Waals surface area contributed by atoms with Crippen LogP contribution >= 0.6 is 0 Å². The Morgan fingerprint density at radius 1 is 1.28 bits per heavy atom. The molecule has 152 valence electrons. The van der Waals surface area contributed by atoms with Gasteiger partial charge in [0.25, 0.3) is 17.7 Å². The fraction of sp³-hybridized carbons (Fsp3) is 0.350. The molecule has 0 aliphatic heterocycles. The molecule has 1 aliphatic carbocycles. The van der Waals surface area contributed by atoms with Gasteiger partial charge in [-0.15, -0.1) is 0 Å². The molecule has 1 N–H and O–H groups in total. The number of pyridine rings is 2. The Morgan fingerprint density at radius 2 is 2.07 bits per heavy atom. The van der Waals surface area contributed by atoms with Gasteiger partial charge in [0.15, 0.2) is 5.75 Å². The van der Waals surface area contributed by atoms with Gasteiger partial charge in [0.05, 0.1) is 12.8 Å². The number of nitrogens with one attached hydrogen (secondary N) is 1. The van der Waals surface area contributed by atoms with E-state index in [2.05, 4.69) is 15.3 Å². The van der Waals surface area contributed by atoms with Crippen molar-refractivity contribution in [2.24, 2.45) is 0 Å². The molecule has 1 aliphatic rings. The quantitative estimate of drug-likeness (QED) is 0.678. The van der Waals surface area contributed by atoms with E-state index in [-0.39, 0.29) is 18.5 Å². The van der Waals surface area contributed by atoms with Crippen molar-refractivity contribution in [3.05, 3.63) is 48.5 Å². The number of ether oxygens (including phenoxy) is 2. The van der Waals surface area contributed by atoms with Crippen LogP contribution in [-0.2, 0) is 0 Å². The minimum Gasteiger partial charge on any atom is -0.488 e. The van der Waals surface area contributed by atoms with Gasteiger partial charge in [-0.25, -0.2) is 18.7 Å². The van der Waals surface area contributed by atoms with Gasteiger partial charge in [0.1, 0.15) is 17.1 Å². The smallest absolute Gasteiger partial charge is 0.271 e. The molecule has 1 fully saturated rings. The maximum Gasteiger partial charge on any atom is 0.271 e. The third-order valence-corrected chi connectivity index (χ3v) is 4.62.